The summed E-state index contributed by atoms with van der Waals surface area (Å²) in [6, 6.07) is 42.1. The van der Waals surface area contributed by atoms with E-state index in [0.29, 0.717) is 5.56 Å². The van der Waals surface area contributed by atoms with E-state index < -0.39 is 5.31 Å². The van der Waals surface area contributed by atoms with Crippen molar-refractivity contribution in [2.24, 2.45) is 0 Å². The van der Waals surface area contributed by atoms with Crippen LogP contribution < -0.4 is 21.2 Å². The molecule has 0 amide bonds. The Morgan fingerprint density at radius 2 is 0.821 bits per heavy atom. The van der Waals surface area contributed by atoms with E-state index in [1.54, 1.807) is 0 Å². The minimum absolute atomic E-state index is 0.662. The summed E-state index contributed by atoms with van der Waals surface area (Å²) >= 11 is 4.42. The maximum absolute atomic E-state index is 9.30. The van der Waals surface area contributed by atoms with E-state index in [4.69, 9.17) is 0 Å². The van der Waals surface area contributed by atoms with Crippen LogP contribution in [0.25, 0.3) is 0 Å². The SMILES string of the molecule is N#Cc1ccc(P(Br)(c2ccccc2)(c2ccccc2)c2ccccc2)cc1. The Bertz CT molecular complexity index is 1020. The predicted molar refractivity (Wildman–Crippen MR) is 125 cm³/mol. The predicted octanol–water partition coefficient (Wildman–Crippen LogP) is 5.02. The average Bonchev–Trinajstić information content (AvgIpc) is 2.80. The van der Waals surface area contributed by atoms with Crippen LogP contribution in [0.2, 0.25) is 0 Å². The first-order valence-corrected chi connectivity index (χ1v) is 13.3. The van der Waals surface area contributed by atoms with Crippen LogP contribution in [-0.4, -0.2) is 0 Å². The fraction of sp³-hybridized carbons (Fsp3) is 0. The van der Waals surface area contributed by atoms with Gasteiger partial charge in [-0.1, -0.05) is 0 Å². The number of nitrogens with zero attached hydrogens (tertiary/aromatic N) is 1. The normalized spacial score (nSPS) is 12.5. The van der Waals surface area contributed by atoms with Gasteiger partial charge in [0, 0.05) is 0 Å². The second-order valence-corrected chi connectivity index (χ2v) is 15.0. The topological polar surface area (TPSA) is 23.8 Å². The number of rotatable bonds is 4. The third-order valence-electron chi connectivity index (χ3n) is 5.20. The second-order valence-electron chi connectivity index (χ2n) is 6.67. The van der Waals surface area contributed by atoms with Gasteiger partial charge in [0.2, 0.25) is 0 Å². The molecule has 4 aromatic rings. The third kappa shape index (κ3) is 2.71. The van der Waals surface area contributed by atoms with Crippen LogP contribution in [0.5, 0.6) is 0 Å². The van der Waals surface area contributed by atoms with Gasteiger partial charge < -0.3 is 0 Å². The number of nitriles is 1. The molecule has 0 aromatic heterocycles. The van der Waals surface area contributed by atoms with E-state index in [9.17, 15) is 5.26 Å². The van der Waals surface area contributed by atoms with Gasteiger partial charge in [-0.15, -0.1) is 0 Å². The summed E-state index contributed by atoms with van der Waals surface area (Å²) in [7, 11) is 0. The van der Waals surface area contributed by atoms with Crippen molar-refractivity contribution >= 4 is 42.0 Å². The summed E-state index contributed by atoms with van der Waals surface area (Å²) < 4.78 is 0. The molecule has 0 atom stereocenters. The Labute approximate surface area is 174 Å². The number of hydrogen-bond donors (Lipinski definition) is 0. The molecule has 0 N–H and O–H groups in total. The van der Waals surface area contributed by atoms with Gasteiger partial charge in [0.05, 0.1) is 0 Å². The summed E-state index contributed by atoms with van der Waals surface area (Å²) in [6.07, 6.45) is 0. The number of benzene rings is 4. The molecule has 0 bridgehead atoms. The van der Waals surface area contributed by atoms with E-state index in [0.717, 1.165) is 0 Å². The number of hydrogen-bond acceptors (Lipinski definition) is 1. The van der Waals surface area contributed by atoms with E-state index >= 15 is 0 Å². The summed E-state index contributed by atoms with van der Waals surface area (Å²) in [4.78, 5) is 0. The Morgan fingerprint density at radius 1 is 0.500 bits per heavy atom. The van der Waals surface area contributed by atoms with Gasteiger partial charge in [-0.25, -0.2) is 0 Å². The molecule has 4 aromatic carbocycles. The Kier molecular flexibility index (Phi) is 4.90. The molecule has 0 radical (unpaired) electrons. The quantitative estimate of drug-likeness (QED) is 0.406. The van der Waals surface area contributed by atoms with Crippen LogP contribution >= 0.6 is 20.8 Å². The molecule has 0 unspecified atom stereocenters. The number of halogens is 1. The van der Waals surface area contributed by atoms with E-state index in [1.165, 1.54) is 21.2 Å². The van der Waals surface area contributed by atoms with Crippen molar-refractivity contribution in [3.05, 3.63) is 121 Å². The average molecular weight is 444 g/mol. The summed E-state index contributed by atoms with van der Waals surface area (Å²) in [6.45, 7) is 0. The Morgan fingerprint density at radius 3 is 1.14 bits per heavy atom. The van der Waals surface area contributed by atoms with Gasteiger partial charge in [0.15, 0.2) is 0 Å². The zero-order chi connectivity index (χ0) is 19.5. The van der Waals surface area contributed by atoms with Gasteiger partial charge in [-0.2, -0.15) is 0 Å². The van der Waals surface area contributed by atoms with Crippen LogP contribution in [0.1, 0.15) is 5.56 Å². The first kappa shape index (κ1) is 18.6. The van der Waals surface area contributed by atoms with Gasteiger partial charge in [0.25, 0.3) is 0 Å². The monoisotopic (exact) mass is 443 g/mol. The molecule has 0 aliphatic rings. The minimum atomic E-state index is -3.15. The van der Waals surface area contributed by atoms with Crippen molar-refractivity contribution in [1.82, 2.24) is 0 Å². The Balaban J connectivity index is 2.20. The molecule has 28 heavy (non-hydrogen) atoms. The van der Waals surface area contributed by atoms with Gasteiger partial charge in [-0.3, -0.25) is 0 Å². The fourth-order valence-corrected chi connectivity index (χ4v) is 11.4. The zero-order valence-electron chi connectivity index (χ0n) is 15.2. The Hall–Kier alpha value is -2.72. The van der Waals surface area contributed by atoms with Gasteiger partial charge in [0.1, 0.15) is 0 Å². The van der Waals surface area contributed by atoms with Crippen molar-refractivity contribution in [3.8, 4) is 6.07 Å². The molecular weight excluding hydrogens is 425 g/mol. The molecule has 0 saturated heterocycles. The van der Waals surface area contributed by atoms with Crippen LogP contribution in [0.4, 0.5) is 0 Å². The molecule has 0 fully saturated rings. The van der Waals surface area contributed by atoms with Gasteiger partial charge >= 0.3 is 174 Å². The zero-order valence-corrected chi connectivity index (χ0v) is 17.7. The summed E-state index contributed by atoms with van der Waals surface area (Å²) in [5.74, 6) is 0. The standard InChI is InChI=1S/C25H19BrNP/c26-28(22-10-4-1-5-11-22,23-12-6-2-7-13-23,24-14-8-3-9-15-24)25-18-16-21(20-27)17-19-25/h1-19H. The van der Waals surface area contributed by atoms with Crippen LogP contribution in [0.3, 0.4) is 0 Å². The summed E-state index contributed by atoms with van der Waals surface area (Å²) in [5.41, 5.74) is 0.662. The molecule has 3 heteroatoms. The molecule has 4 rings (SSSR count). The molecule has 136 valence electrons. The molecular formula is C25H19BrNP. The van der Waals surface area contributed by atoms with E-state index in [1.807, 2.05) is 30.3 Å². The molecule has 0 spiro atoms. The maximum atomic E-state index is 9.30. The van der Waals surface area contributed by atoms with E-state index in [-0.39, 0.29) is 0 Å². The van der Waals surface area contributed by atoms with Crippen molar-refractivity contribution in [1.29, 1.82) is 5.26 Å². The molecule has 0 aliphatic heterocycles. The first-order chi connectivity index (χ1) is 13.7. The first-order valence-electron chi connectivity index (χ1n) is 9.09. The molecule has 0 saturated carbocycles. The fourth-order valence-electron chi connectivity index (χ4n) is 3.83. The van der Waals surface area contributed by atoms with Crippen molar-refractivity contribution in [3.63, 3.8) is 0 Å². The summed E-state index contributed by atoms with van der Waals surface area (Å²) in [5, 5.41) is 11.0. The van der Waals surface area contributed by atoms with Crippen molar-refractivity contribution in [2.75, 3.05) is 0 Å². The van der Waals surface area contributed by atoms with Crippen LogP contribution in [-0.2, 0) is 0 Å². The van der Waals surface area contributed by atoms with Crippen molar-refractivity contribution in [2.45, 2.75) is 0 Å². The van der Waals surface area contributed by atoms with Crippen LogP contribution in [0, 0.1) is 11.3 Å². The van der Waals surface area contributed by atoms with Crippen LogP contribution in [0.15, 0.2) is 115 Å². The molecule has 1 nitrogen and oxygen atoms in total. The molecule has 0 heterocycles. The third-order valence-corrected chi connectivity index (χ3v) is 15.2. The van der Waals surface area contributed by atoms with E-state index in [2.05, 4.69) is 106 Å². The van der Waals surface area contributed by atoms with Crippen molar-refractivity contribution < 1.29 is 0 Å². The molecule has 0 aliphatic carbocycles. The van der Waals surface area contributed by atoms with Gasteiger partial charge in [-0.05, 0) is 0 Å². The second kappa shape index (κ2) is 7.36.